The Morgan fingerprint density at radius 2 is 2.17 bits per heavy atom. The van der Waals surface area contributed by atoms with Gasteiger partial charge >= 0.3 is 5.97 Å². The van der Waals surface area contributed by atoms with E-state index in [9.17, 15) is 4.79 Å². The Hall–Kier alpha value is -2.30. The summed E-state index contributed by atoms with van der Waals surface area (Å²) < 4.78 is 10.8. The van der Waals surface area contributed by atoms with Crippen LogP contribution in [0.4, 0.5) is 0 Å². The number of carboxylic acid groups (broad SMARTS) is 1. The molecule has 1 aliphatic rings. The average molecular weight is 245 g/mol. The minimum absolute atomic E-state index is 0.105. The first-order chi connectivity index (χ1) is 8.74. The zero-order chi connectivity index (χ0) is 12.5. The smallest absolute Gasteiger partial charge is 0.358 e. The zero-order valence-corrected chi connectivity index (χ0v) is 9.50. The van der Waals surface area contributed by atoms with E-state index in [1.807, 2.05) is 24.3 Å². The molecule has 92 valence electrons. The lowest BCUT2D eigenvalue weighted by Gasteiger charge is -2.07. The Labute approximate surface area is 103 Å². The molecule has 5 nitrogen and oxygen atoms in total. The van der Waals surface area contributed by atoms with E-state index >= 15 is 0 Å². The highest BCUT2D eigenvalue weighted by Gasteiger charge is 2.25. The van der Waals surface area contributed by atoms with Gasteiger partial charge in [-0.15, -0.1) is 0 Å². The number of aromatic carboxylic acids is 1. The van der Waals surface area contributed by atoms with Crippen molar-refractivity contribution in [3.05, 3.63) is 36.0 Å². The van der Waals surface area contributed by atoms with Crippen molar-refractivity contribution in [3.8, 4) is 17.1 Å². The van der Waals surface area contributed by atoms with Gasteiger partial charge in [0.1, 0.15) is 5.75 Å². The van der Waals surface area contributed by atoms with Gasteiger partial charge in [0.25, 0.3) is 0 Å². The number of benzene rings is 1. The summed E-state index contributed by atoms with van der Waals surface area (Å²) in [7, 11) is 0. The van der Waals surface area contributed by atoms with Gasteiger partial charge in [0, 0.05) is 6.07 Å². The topological polar surface area (TPSA) is 72.6 Å². The predicted octanol–water partition coefficient (Wildman–Crippen LogP) is 2.58. The van der Waals surface area contributed by atoms with E-state index in [4.69, 9.17) is 14.4 Å². The molecule has 0 radical (unpaired) electrons. The molecule has 0 bridgehead atoms. The van der Waals surface area contributed by atoms with Crippen LogP contribution in [-0.2, 0) is 0 Å². The molecule has 0 amide bonds. The van der Waals surface area contributed by atoms with Crippen molar-refractivity contribution >= 4 is 5.97 Å². The molecule has 0 aliphatic heterocycles. The number of aromatic nitrogens is 1. The molecule has 1 N–H and O–H groups in total. The molecule has 1 fully saturated rings. The summed E-state index contributed by atoms with van der Waals surface area (Å²) in [6.45, 7) is 0. The molecule has 1 aromatic heterocycles. The van der Waals surface area contributed by atoms with Crippen LogP contribution in [0.25, 0.3) is 11.3 Å². The van der Waals surface area contributed by atoms with Crippen molar-refractivity contribution < 1.29 is 19.2 Å². The SMILES string of the molecule is O=C(O)c1cc(-c2ccccc2OC2CC2)on1. The van der Waals surface area contributed by atoms with Crippen LogP contribution in [0.1, 0.15) is 23.3 Å². The second kappa shape index (κ2) is 4.18. The van der Waals surface area contributed by atoms with Gasteiger partial charge in [-0.1, -0.05) is 17.3 Å². The first kappa shape index (κ1) is 10.8. The van der Waals surface area contributed by atoms with Crippen LogP contribution in [0.2, 0.25) is 0 Å². The molecular weight excluding hydrogens is 234 g/mol. The van der Waals surface area contributed by atoms with Crippen molar-refractivity contribution in [1.29, 1.82) is 0 Å². The fourth-order valence-corrected chi connectivity index (χ4v) is 1.64. The summed E-state index contributed by atoms with van der Waals surface area (Å²) in [5, 5.41) is 12.3. The lowest BCUT2D eigenvalue weighted by molar-refractivity contribution is 0.0686. The first-order valence-corrected chi connectivity index (χ1v) is 5.70. The molecule has 18 heavy (non-hydrogen) atoms. The van der Waals surface area contributed by atoms with Gasteiger partial charge in [0.2, 0.25) is 0 Å². The Morgan fingerprint density at radius 3 is 2.83 bits per heavy atom. The van der Waals surface area contributed by atoms with E-state index in [2.05, 4.69) is 5.16 Å². The van der Waals surface area contributed by atoms with Crippen LogP contribution >= 0.6 is 0 Å². The molecule has 5 heteroatoms. The lowest BCUT2D eigenvalue weighted by atomic mass is 10.1. The number of nitrogens with zero attached hydrogens (tertiary/aromatic N) is 1. The van der Waals surface area contributed by atoms with Crippen molar-refractivity contribution in [2.75, 3.05) is 0 Å². The van der Waals surface area contributed by atoms with Gasteiger partial charge in [0.05, 0.1) is 11.7 Å². The van der Waals surface area contributed by atoms with Crippen LogP contribution in [0.3, 0.4) is 0 Å². The fourth-order valence-electron chi connectivity index (χ4n) is 1.64. The molecule has 0 atom stereocenters. The third kappa shape index (κ3) is 2.07. The largest absolute Gasteiger partial charge is 0.490 e. The summed E-state index contributed by atoms with van der Waals surface area (Å²) in [6.07, 6.45) is 2.39. The molecule has 1 saturated carbocycles. The standard InChI is InChI=1S/C13H11NO4/c15-13(16)10-7-12(18-14-10)9-3-1-2-4-11(9)17-8-5-6-8/h1-4,7-8H,5-6H2,(H,15,16). The molecule has 1 aliphatic carbocycles. The summed E-state index contributed by atoms with van der Waals surface area (Å²) in [6, 6.07) is 8.78. The Balaban J connectivity index is 1.96. The summed E-state index contributed by atoms with van der Waals surface area (Å²) in [5.74, 6) is 0.00216. The first-order valence-electron chi connectivity index (χ1n) is 5.70. The van der Waals surface area contributed by atoms with Crippen LogP contribution < -0.4 is 4.74 Å². The summed E-state index contributed by atoms with van der Waals surface area (Å²) in [4.78, 5) is 10.8. The van der Waals surface area contributed by atoms with Crippen LogP contribution in [0.15, 0.2) is 34.9 Å². The van der Waals surface area contributed by atoms with Crippen molar-refractivity contribution in [2.45, 2.75) is 18.9 Å². The molecule has 0 spiro atoms. The third-order valence-electron chi connectivity index (χ3n) is 2.70. The van der Waals surface area contributed by atoms with Gasteiger partial charge in [0.15, 0.2) is 11.5 Å². The van der Waals surface area contributed by atoms with E-state index in [1.54, 1.807) is 0 Å². The molecule has 3 rings (SSSR count). The number of hydrogen-bond donors (Lipinski definition) is 1. The molecule has 2 aromatic rings. The Morgan fingerprint density at radius 1 is 1.39 bits per heavy atom. The van der Waals surface area contributed by atoms with Crippen LogP contribution in [0, 0.1) is 0 Å². The lowest BCUT2D eigenvalue weighted by Crippen LogP contribution is -1.97. The monoisotopic (exact) mass is 245 g/mol. The highest BCUT2D eigenvalue weighted by Crippen LogP contribution is 2.34. The minimum Gasteiger partial charge on any atom is -0.490 e. The maximum Gasteiger partial charge on any atom is 0.358 e. The molecular formula is C13H11NO4. The third-order valence-corrected chi connectivity index (χ3v) is 2.70. The maximum atomic E-state index is 10.8. The Kier molecular flexibility index (Phi) is 2.51. The fraction of sp³-hybridized carbons (Fsp3) is 0.231. The second-order valence-electron chi connectivity index (χ2n) is 4.19. The van der Waals surface area contributed by atoms with Crippen molar-refractivity contribution in [1.82, 2.24) is 5.16 Å². The number of carboxylic acids is 1. The normalized spacial score (nSPS) is 14.4. The van der Waals surface area contributed by atoms with E-state index in [-0.39, 0.29) is 11.8 Å². The number of para-hydroxylation sites is 1. The highest BCUT2D eigenvalue weighted by atomic mass is 16.5. The van der Waals surface area contributed by atoms with Gasteiger partial charge < -0.3 is 14.4 Å². The van der Waals surface area contributed by atoms with Crippen molar-refractivity contribution in [3.63, 3.8) is 0 Å². The number of rotatable bonds is 4. The van der Waals surface area contributed by atoms with Crippen molar-refractivity contribution in [2.24, 2.45) is 0 Å². The number of hydrogen-bond acceptors (Lipinski definition) is 4. The van der Waals surface area contributed by atoms with E-state index in [0.717, 1.165) is 18.4 Å². The van der Waals surface area contributed by atoms with Gasteiger partial charge in [-0.05, 0) is 25.0 Å². The highest BCUT2D eigenvalue weighted by molar-refractivity contribution is 5.86. The summed E-state index contributed by atoms with van der Waals surface area (Å²) >= 11 is 0. The van der Waals surface area contributed by atoms with Crippen LogP contribution in [-0.4, -0.2) is 22.3 Å². The quantitative estimate of drug-likeness (QED) is 0.896. The van der Waals surface area contributed by atoms with Gasteiger partial charge in [-0.2, -0.15) is 0 Å². The number of ether oxygens (including phenoxy) is 1. The van der Waals surface area contributed by atoms with E-state index < -0.39 is 5.97 Å². The Bertz CT molecular complexity index is 586. The average Bonchev–Trinajstić information content (AvgIpc) is 3.04. The molecule has 0 saturated heterocycles. The molecule has 1 heterocycles. The van der Waals surface area contributed by atoms with E-state index in [1.165, 1.54) is 6.07 Å². The summed E-state index contributed by atoms with van der Waals surface area (Å²) in [5.41, 5.74) is 0.621. The molecule has 1 aromatic carbocycles. The second-order valence-corrected chi connectivity index (χ2v) is 4.19. The maximum absolute atomic E-state index is 10.8. The van der Waals surface area contributed by atoms with Gasteiger partial charge in [-0.25, -0.2) is 4.79 Å². The molecule has 0 unspecified atom stereocenters. The van der Waals surface area contributed by atoms with Crippen LogP contribution in [0.5, 0.6) is 5.75 Å². The van der Waals surface area contributed by atoms with E-state index in [0.29, 0.717) is 11.5 Å². The minimum atomic E-state index is -1.11. The number of carbonyl (C=O) groups is 1. The predicted molar refractivity (Wildman–Crippen MR) is 62.5 cm³/mol. The van der Waals surface area contributed by atoms with Gasteiger partial charge in [-0.3, -0.25) is 0 Å². The zero-order valence-electron chi connectivity index (χ0n) is 9.50.